The fraction of sp³-hybridized carbons (Fsp3) is 0.500. The fourth-order valence-corrected chi connectivity index (χ4v) is 3.12. The second kappa shape index (κ2) is 10.0. The van der Waals surface area contributed by atoms with E-state index in [-0.39, 0.29) is 31.9 Å². The van der Waals surface area contributed by atoms with Crippen molar-refractivity contribution >= 4 is 12.1 Å². The summed E-state index contributed by atoms with van der Waals surface area (Å²) < 4.78 is 5.62. The van der Waals surface area contributed by atoms with Crippen LogP contribution in [-0.4, -0.2) is 82.6 Å². The SMILES string of the molecule is C#CC#CCN1C(=O)N(CC#CC#CO)C2C1N(COCCCC)C(=O)N2C. The number of rotatable bonds is 7. The summed E-state index contributed by atoms with van der Waals surface area (Å²) in [5, 5.41) is 8.50. The van der Waals surface area contributed by atoms with Crippen LogP contribution in [0, 0.1) is 48.1 Å². The van der Waals surface area contributed by atoms with Gasteiger partial charge in [-0.1, -0.05) is 25.2 Å². The van der Waals surface area contributed by atoms with Crippen molar-refractivity contribution in [2.75, 3.05) is 33.5 Å². The van der Waals surface area contributed by atoms with Crippen molar-refractivity contribution in [2.24, 2.45) is 0 Å². The average molecular weight is 382 g/mol. The Morgan fingerprint density at radius 2 is 1.71 bits per heavy atom. The number of aliphatic hydroxyl groups is 1. The lowest BCUT2D eigenvalue weighted by molar-refractivity contribution is 0.0124. The van der Waals surface area contributed by atoms with E-state index in [1.54, 1.807) is 13.2 Å². The second-order valence-corrected chi connectivity index (χ2v) is 6.10. The maximum atomic E-state index is 12.9. The van der Waals surface area contributed by atoms with Crippen LogP contribution in [0.4, 0.5) is 9.59 Å². The summed E-state index contributed by atoms with van der Waals surface area (Å²) in [5.41, 5.74) is 0. The van der Waals surface area contributed by atoms with E-state index in [0.717, 1.165) is 12.8 Å². The molecule has 28 heavy (non-hydrogen) atoms. The molecule has 0 radical (unpaired) electrons. The maximum Gasteiger partial charge on any atom is 0.325 e. The highest BCUT2D eigenvalue weighted by atomic mass is 16.5. The molecule has 2 fully saturated rings. The molecule has 4 amide bonds. The number of hydrogen-bond donors (Lipinski definition) is 1. The zero-order chi connectivity index (χ0) is 20.5. The van der Waals surface area contributed by atoms with E-state index in [2.05, 4.69) is 42.4 Å². The smallest absolute Gasteiger partial charge is 0.325 e. The average Bonchev–Trinajstić information content (AvgIpc) is 3.09. The highest BCUT2D eigenvalue weighted by molar-refractivity contribution is 5.85. The first kappa shape index (κ1) is 20.8. The van der Waals surface area contributed by atoms with Crippen molar-refractivity contribution < 1.29 is 19.4 Å². The Morgan fingerprint density at radius 1 is 1.04 bits per heavy atom. The minimum Gasteiger partial charge on any atom is -0.461 e. The Morgan fingerprint density at radius 3 is 2.36 bits per heavy atom. The first-order valence-corrected chi connectivity index (χ1v) is 8.82. The summed E-state index contributed by atoms with van der Waals surface area (Å²) in [4.78, 5) is 31.6. The van der Waals surface area contributed by atoms with Gasteiger partial charge < -0.3 is 14.7 Å². The number of likely N-dealkylation sites (N-methyl/N-ethyl adjacent to an activating group) is 1. The molecule has 0 saturated carbocycles. The van der Waals surface area contributed by atoms with Gasteiger partial charge in [0.1, 0.15) is 12.8 Å². The number of unbranched alkanes of at least 4 members (excludes halogenated alkanes) is 1. The van der Waals surface area contributed by atoms with Crippen molar-refractivity contribution in [3.05, 3.63) is 0 Å². The molecular formula is C20H22N4O4. The summed E-state index contributed by atoms with van der Waals surface area (Å²) in [7, 11) is 1.63. The number of aliphatic hydroxyl groups excluding tert-OH is 1. The van der Waals surface area contributed by atoms with E-state index in [0.29, 0.717) is 6.61 Å². The predicted molar refractivity (Wildman–Crippen MR) is 101 cm³/mol. The molecule has 2 heterocycles. The van der Waals surface area contributed by atoms with Gasteiger partial charge in [0.15, 0.2) is 12.3 Å². The van der Waals surface area contributed by atoms with Crippen molar-refractivity contribution in [2.45, 2.75) is 32.1 Å². The number of carbonyl (C=O) groups excluding carboxylic acids is 2. The van der Waals surface area contributed by atoms with Gasteiger partial charge in [0.25, 0.3) is 0 Å². The monoisotopic (exact) mass is 382 g/mol. The van der Waals surface area contributed by atoms with Crippen LogP contribution in [0.25, 0.3) is 0 Å². The van der Waals surface area contributed by atoms with Crippen molar-refractivity contribution in [1.29, 1.82) is 0 Å². The van der Waals surface area contributed by atoms with E-state index in [4.69, 9.17) is 16.3 Å². The Bertz CT molecular complexity index is 830. The lowest BCUT2D eigenvalue weighted by Crippen LogP contribution is -2.47. The molecule has 2 rings (SSSR count). The van der Waals surface area contributed by atoms with Crippen LogP contribution in [0.1, 0.15) is 19.8 Å². The van der Waals surface area contributed by atoms with Gasteiger partial charge in [0, 0.05) is 19.6 Å². The van der Waals surface area contributed by atoms with Crippen LogP contribution in [0.2, 0.25) is 0 Å². The zero-order valence-corrected chi connectivity index (χ0v) is 15.9. The first-order valence-electron chi connectivity index (χ1n) is 8.82. The van der Waals surface area contributed by atoms with Crippen LogP contribution in [0.15, 0.2) is 0 Å². The number of fused-ring (bicyclic) bond motifs is 1. The Balaban J connectivity index is 2.27. The Labute approximate surface area is 165 Å². The van der Waals surface area contributed by atoms with E-state index >= 15 is 0 Å². The summed E-state index contributed by atoms with van der Waals surface area (Å²) in [6.45, 7) is 2.79. The summed E-state index contributed by atoms with van der Waals surface area (Å²) in [6, 6.07) is -0.562. The van der Waals surface area contributed by atoms with Gasteiger partial charge >= 0.3 is 12.1 Å². The number of hydrogen-bond acceptors (Lipinski definition) is 4. The van der Waals surface area contributed by atoms with E-state index < -0.39 is 12.3 Å². The molecular weight excluding hydrogens is 360 g/mol. The first-order chi connectivity index (χ1) is 13.6. The molecule has 8 nitrogen and oxygen atoms in total. The summed E-state index contributed by atoms with van der Waals surface area (Å²) >= 11 is 0. The number of nitrogens with zero attached hydrogens (tertiary/aromatic N) is 4. The molecule has 0 spiro atoms. The third-order valence-electron chi connectivity index (χ3n) is 4.40. The molecule has 0 aromatic heterocycles. The molecule has 2 atom stereocenters. The van der Waals surface area contributed by atoms with Crippen molar-refractivity contribution in [1.82, 2.24) is 19.6 Å². The van der Waals surface area contributed by atoms with Crippen molar-refractivity contribution in [3.63, 3.8) is 0 Å². The zero-order valence-electron chi connectivity index (χ0n) is 15.9. The molecule has 0 aromatic carbocycles. The molecule has 0 bridgehead atoms. The van der Waals surface area contributed by atoms with E-state index in [1.165, 1.54) is 19.6 Å². The van der Waals surface area contributed by atoms with E-state index in [9.17, 15) is 9.59 Å². The molecule has 8 heteroatoms. The number of amides is 4. The van der Waals surface area contributed by atoms with E-state index in [1.807, 2.05) is 0 Å². The van der Waals surface area contributed by atoms with Crippen LogP contribution >= 0.6 is 0 Å². The summed E-state index contributed by atoms with van der Waals surface area (Å²) in [6.07, 6.45) is 7.60. The van der Waals surface area contributed by atoms with Gasteiger partial charge in [-0.25, -0.2) is 9.59 Å². The third kappa shape index (κ3) is 4.26. The molecule has 2 aliphatic rings. The van der Waals surface area contributed by atoms with Crippen LogP contribution in [-0.2, 0) is 4.74 Å². The Hall–Kier alpha value is -3.46. The molecule has 1 N–H and O–H groups in total. The lowest BCUT2D eigenvalue weighted by Gasteiger charge is -2.27. The maximum absolute atomic E-state index is 12.9. The van der Waals surface area contributed by atoms with Gasteiger partial charge in [-0.15, -0.1) is 6.42 Å². The Kier molecular flexibility index (Phi) is 7.46. The van der Waals surface area contributed by atoms with Gasteiger partial charge in [0.2, 0.25) is 0 Å². The third-order valence-corrected chi connectivity index (χ3v) is 4.40. The number of urea groups is 2. The van der Waals surface area contributed by atoms with Gasteiger partial charge in [-0.3, -0.25) is 14.7 Å². The molecule has 0 aromatic rings. The minimum atomic E-state index is -0.565. The number of ether oxygens (including phenoxy) is 1. The van der Waals surface area contributed by atoms with Gasteiger partial charge in [-0.2, -0.15) is 0 Å². The predicted octanol–water partition coefficient (Wildman–Crippen LogP) is 0.491. The highest BCUT2D eigenvalue weighted by Gasteiger charge is 2.57. The quantitative estimate of drug-likeness (QED) is 0.514. The molecule has 2 aliphatic heterocycles. The molecule has 0 aliphatic carbocycles. The number of carbonyl (C=O) groups is 2. The normalized spacial score (nSPS) is 19.9. The topological polar surface area (TPSA) is 76.6 Å². The molecule has 2 saturated heterocycles. The standard InChI is InChI=1S/C20H22N4O4/c1-4-6-9-12-23-18-17(22(20(23)27)13-10-8-11-14-25)21(3)19(26)24(18)16-28-15-7-5-2/h1,17-18,25H,5,7,12-13,15-16H2,2-3H3. The lowest BCUT2D eigenvalue weighted by atomic mass is 10.3. The second-order valence-electron chi connectivity index (χ2n) is 6.10. The van der Waals surface area contributed by atoms with Crippen LogP contribution in [0.5, 0.6) is 0 Å². The van der Waals surface area contributed by atoms with Crippen molar-refractivity contribution in [3.8, 4) is 48.1 Å². The van der Waals surface area contributed by atoms with Crippen LogP contribution < -0.4 is 0 Å². The fourth-order valence-electron chi connectivity index (χ4n) is 3.12. The largest absolute Gasteiger partial charge is 0.461 e. The molecule has 146 valence electrons. The molecule has 2 unspecified atom stereocenters. The van der Waals surface area contributed by atoms with Gasteiger partial charge in [-0.05, 0) is 24.2 Å². The van der Waals surface area contributed by atoms with Crippen LogP contribution in [0.3, 0.4) is 0 Å². The minimum absolute atomic E-state index is 0.0515. The summed E-state index contributed by atoms with van der Waals surface area (Å²) in [5.74, 6) is 14.8. The van der Waals surface area contributed by atoms with Gasteiger partial charge in [0.05, 0.1) is 13.1 Å². The number of terminal acetylenes is 1. The highest BCUT2D eigenvalue weighted by Crippen LogP contribution is 2.33.